The third kappa shape index (κ3) is 2.51. The Hall–Kier alpha value is -0.570. The number of halogens is 1. The number of hydrogen-bond acceptors (Lipinski definition) is 2. The highest BCUT2D eigenvalue weighted by Crippen LogP contribution is 2.25. The predicted molar refractivity (Wildman–Crippen MR) is 68.9 cm³/mol. The fourth-order valence-corrected chi connectivity index (χ4v) is 2.71. The summed E-state index contributed by atoms with van der Waals surface area (Å²) in [6.07, 6.45) is 1.08. The van der Waals surface area contributed by atoms with Crippen LogP contribution in [0.1, 0.15) is 5.56 Å². The fraction of sp³-hybridized carbons (Fsp3) is 0.333. The summed E-state index contributed by atoms with van der Waals surface area (Å²) < 4.78 is 1.38. The van der Waals surface area contributed by atoms with E-state index in [-0.39, 0.29) is 0 Å². The second-order valence-corrected chi connectivity index (χ2v) is 4.86. The van der Waals surface area contributed by atoms with E-state index >= 15 is 0 Å². The van der Waals surface area contributed by atoms with Crippen molar-refractivity contribution < 1.29 is 0 Å². The molecule has 1 heterocycles. The smallest absolute Gasteiger partial charge is 0.0736 e. The number of benzene rings is 1. The van der Waals surface area contributed by atoms with E-state index in [4.69, 9.17) is 11.6 Å². The molecule has 1 aromatic carbocycles. The third-order valence-corrected chi connectivity index (χ3v) is 3.95. The van der Waals surface area contributed by atoms with Gasteiger partial charge in [-0.15, -0.1) is 22.9 Å². The van der Waals surface area contributed by atoms with Gasteiger partial charge in [0.1, 0.15) is 0 Å². The van der Waals surface area contributed by atoms with Crippen molar-refractivity contribution in [3.8, 4) is 0 Å². The zero-order chi connectivity index (χ0) is 10.7. The molecule has 0 saturated carbocycles. The summed E-state index contributed by atoms with van der Waals surface area (Å²) in [5, 5.41) is 3.65. The number of hydrogen-bond donors (Lipinski definition) is 0. The molecule has 1 aromatic heterocycles. The van der Waals surface area contributed by atoms with Crippen LogP contribution in [-0.2, 0) is 6.42 Å². The van der Waals surface area contributed by atoms with Crippen molar-refractivity contribution in [3.05, 3.63) is 35.2 Å². The van der Waals surface area contributed by atoms with Gasteiger partial charge in [0.15, 0.2) is 0 Å². The minimum Gasteiger partial charge on any atom is -0.293 e. The van der Waals surface area contributed by atoms with E-state index in [2.05, 4.69) is 34.5 Å². The lowest BCUT2D eigenvalue weighted by Gasteiger charge is -2.11. The number of likely N-dealkylation sites (N-methyl/N-ethyl adjacent to an activating group) is 1. The largest absolute Gasteiger partial charge is 0.293 e. The summed E-state index contributed by atoms with van der Waals surface area (Å²) >= 11 is 7.56. The number of nitrogens with zero attached hydrogens (tertiary/aromatic N) is 1. The summed E-state index contributed by atoms with van der Waals surface area (Å²) in [6.45, 7) is 1.02. The molecule has 0 saturated heterocycles. The average molecular weight is 240 g/mol. The normalized spacial score (nSPS) is 11.4. The fourth-order valence-electron chi connectivity index (χ4n) is 1.60. The molecule has 0 radical (unpaired) electrons. The van der Waals surface area contributed by atoms with Crippen LogP contribution in [0.2, 0.25) is 0 Å². The summed E-state index contributed by atoms with van der Waals surface area (Å²) in [4.78, 5) is 2.12. The molecule has 0 aliphatic rings. The Morgan fingerprint density at radius 3 is 2.93 bits per heavy atom. The number of alkyl halides is 1. The van der Waals surface area contributed by atoms with Crippen molar-refractivity contribution in [1.29, 1.82) is 0 Å². The molecule has 0 spiro atoms. The first-order valence-electron chi connectivity index (χ1n) is 5.01. The lowest BCUT2D eigenvalue weighted by molar-refractivity contribution is 0.394. The minimum absolute atomic E-state index is 0.599. The van der Waals surface area contributed by atoms with Gasteiger partial charge in [0.25, 0.3) is 0 Å². The minimum atomic E-state index is 0.599. The zero-order valence-corrected chi connectivity index (χ0v) is 10.3. The van der Waals surface area contributed by atoms with Crippen molar-refractivity contribution in [3.63, 3.8) is 0 Å². The van der Waals surface area contributed by atoms with Crippen LogP contribution in [0.15, 0.2) is 29.6 Å². The summed E-state index contributed by atoms with van der Waals surface area (Å²) in [5.41, 5.74) is 1.44. The number of thiophene rings is 1. The highest BCUT2D eigenvalue weighted by atomic mass is 35.5. The second kappa shape index (κ2) is 4.97. The van der Waals surface area contributed by atoms with Gasteiger partial charge in [-0.3, -0.25) is 4.90 Å². The highest BCUT2D eigenvalue weighted by molar-refractivity contribution is 7.17. The van der Waals surface area contributed by atoms with E-state index < -0.39 is 0 Å². The molecule has 1 nitrogen and oxygen atoms in total. The quantitative estimate of drug-likeness (QED) is 0.583. The Kier molecular flexibility index (Phi) is 3.62. The van der Waals surface area contributed by atoms with Crippen molar-refractivity contribution in [2.45, 2.75) is 6.42 Å². The molecule has 0 bridgehead atoms. The molecule has 0 amide bonds. The van der Waals surface area contributed by atoms with Gasteiger partial charge in [0, 0.05) is 11.2 Å². The van der Waals surface area contributed by atoms with E-state index in [9.17, 15) is 0 Å². The topological polar surface area (TPSA) is 3.24 Å². The molecule has 0 aliphatic carbocycles. The Morgan fingerprint density at radius 2 is 2.13 bits per heavy atom. The Bertz CT molecular complexity index is 438. The number of fused-ring (bicyclic) bond motifs is 1. The van der Waals surface area contributed by atoms with Crippen molar-refractivity contribution in [2.75, 3.05) is 19.6 Å². The Morgan fingerprint density at radius 1 is 1.33 bits per heavy atom. The zero-order valence-electron chi connectivity index (χ0n) is 8.74. The maximum absolute atomic E-state index is 5.74. The van der Waals surface area contributed by atoms with Gasteiger partial charge >= 0.3 is 0 Å². The van der Waals surface area contributed by atoms with Crippen LogP contribution in [0.25, 0.3) is 10.1 Å². The van der Waals surface area contributed by atoms with Crippen LogP contribution in [0.3, 0.4) is 0 Å². The molecule has 0 unspecified atom stereocenters. The van der Waals surface area contributed by atoms with E-state index in [1.807, 2.05) is 18.4 Å². The molecule has 2 aromatic rings. The van der Waals surface area contributed by atoms with Crippen LogP contribution in [0.5, 0.6) is 0 Å². The van der Waals surface area contributed by atoms with E-state index in [0.717, 1.165) is 13.0 Å². The molecule has 0 N–H and O–H groups in total. The highest BCUT2D eigenvalue weighted by Gasteiger charge is 2.04. The molecule has 0 atom stereocenters. The van der Waals surface area contributed by atoms with Crippen LogP contribution in [0, 0.1) is 0 Å². The summed E-state index contributed by atoms with van der Waals surface area (Å²) in [6, 6.07) is 9.16. The van der Waals surface area contributed by atoms with Gasteiger partial charge in [-0.1, -0.05) is 18.2 Å². The standard InChI is InChI=1S/C12H14ClNS/c1-14(9-13)7-6-10-8-15-12-5-3-2-4-11(10)12/h2-5,8H,6-7,9H2,1H3. The van der Waals surface area contributed by atoms with Crippen molar-refractivity contribution in [1.82, 2.24) is 4.90 Å². The lowest BCUT2D eigenvalue weighted by Crippen LogP contribution is -2.19. The van der Waals surface area contributed by atoms with Gasteiger partial charge in [0.2, 0.25) is 0 Å². The first-order chi connectivity index (χ1) is 7.31. The number of rotatable bonds is 4. The van der Waals surface area contributed by atoms with E-state index in [0.29, 0.717) is 6.00 Å². The first-order valence-corrected chi connectivity index (χ1v) is 6.42. The van der Waals surface area contributed by atoms with Gasteiger partial charge in [0.05, 0.1) is 6.00 Å². The van der Waals surface area contributed by atoms with E-state index in [1.165, 1.54) is 15.6 Å². The molecule has 2 rings (SSSR count). The maximum atomic E-state index is 5.74. The molecule has 0 fully saturated rings. The van der Waals surface area contributed by atoms with Crippen molar-refractivity contribution in [2.24, 2.45) is 0 Å². The summed E-state index contributed by atoms with van der Waals surface area (Å²) in [5.74, 6) is 0. The van der Waals surface area contributed by atoms with Crippen molar-refractivity contribution >= 4 is 33.0 Å². The van der Waals surface area contributed by atoms with Gasteiger partial charge in [-0.2, -0.15) is 0 Å². The SMILES string of the molecule is CN(CCl)CCc1csc2ccccc12. The van der Waals surface area contributed by atoms with Crippen LogP contribution in [0.4, 0.5) is 0 Å². The van der Waals surface area contributed by atoms with Crippen LogP contribution in [-0.4, -0.2) is 24.5 Å². The maximum Gasteiger partial charge on any atom is 0.0736 e. The van der Waals surface area contributed by atoms with Gasteiger partial charge in [-0.05, 0) is 35.9 Å². The molecule has 0 aliphatic heterocycles. The Balaban J connectivity index is 2.14. The molecule has 15 heavy (non-hydrogen) atoms. The average Bonchev–Trinajstić information content (AvgIpc) is 2.69. The first kappa shape index (κ1) is 10.9. The van der Waals surface area contributed by atoms with Crippen LogP contribution < -0.4 is 0 Å². The Labute approximate surface area is 99.3 Å². The van der Waals surface area contributed by atoms with Gasteiger partial charge in [-0.25, -0.2) is 0 Å². The lowest BCUT2D eigenvalue weighted by atomic mass is 10.1. The molecular weight excluding hydrogens is 226 g/mol. The molecule has 3 heteroatoms. The second-order valence-electron chi connectivity index (χ2n) is 3.71. The van der Waals surface area contributed by atoms with Gasteiger partial charge < -0.3 is 0 Å². The summed E-state index contributed by atoms with van der Waals surface area (Å²) in [7, 11) is 2.04. The van der Waals surface area contributed by atoms with Crippen LogP contribution >= 0.6 is 22.9 Å². The predicted octanol–water partition coefficient (Wildman–Crippen LogP) is 3.57. The molecule has 80 valence electrons. The van der Waals surface area contributed by atoms with E-state index in [1.54, 1.807) is 0 Å². The molecular formula is C12H14ClNS. The third-order valence-electron chi connectivity index (χ3n) is 2.53. The monoisotopic (exact) mass is 239 g/mol.